The first-order valence-corrected chi connectivity index (χ1v) is 9.12. The van der Waals surface area contributed by atoms with Crippen LogP contribution in [0.1, 0.15) is 43.5 Å². The lowest BCUT2D eigenvalue weighted by Gasteiger charge is -2.34. The molecule has 2 N–H and O–H groups in total. The number of hydrogen-bond donors (Lipinski definition) is 2. The van der Waals surface area contributed by atoms with E-state index >= 15 is 0 Å². The number of nitrogens with one attached hydrogen (secondary N) is 2. The fourth-order valence-electron chi connectivity index (χ4n) is 3.51. The summed E-state index contributed by atoms with van der Waals surface area (Å²) in [4.78, 5) is 7.23. The maximum Gasteiger partial charge on any atom is 0.175 e. The van der Waals surface area contributed by atoms with Crippen LogP contribution < -0.4 is 10.3 Å². The standard InChI is InChI=1S/C19H26N6/c1-13(2)25-12-15-11-16(24-8-4-5-9-24)6-7-17(15)19(23-25)20-18-10-14(3)21-22-18/h6-7,10-11,13H,4-5,8-9,12H2,1-3H3,(H2,20,21,22,23). The van der Waals surface area contributed by atoms with Gasteiger partial charge < -0.3 is 10.3 Å². The van der Waals surface area contributed by atoms with Gasteiger partial charge in [0.25, 0.3) is 0 Å². The van der Waals surface area contributed by atoms with Crippen LogP contribution in [0.15, 0.2) is 29.3 Å². The number of aliphatic imine (C=N–C) groups is 1. The molecule has 0 bridgehead atoms. The Labute approximate surface area is 148 Å². The lowest BCUT2D eigenvalue weighted by Crippen LogP contribution is -2.49. The molecule has 3 heterocycles. The van der Waals surface area contributed by atoms with Crippen LogP contribution in [0, 0.1) is 6.92 Å². The fraction of sp³-hybridized carbons (Fsp3) is 0.474. The summed E-state index contributed by atoms with van der Waals surface area (Å²) >= 11 is 0. The third kappa shape index (κ3) is 3.26. The quantitative estimate of drug-likeness (QED) is 0.903. The molecule has 1 saturated heterocycles. The monoisotopic (exact) mass is 338 g/mol. The highest BCUT2D eigenvalue weighted by molar-refractivity contribution is 6.02. The van der Waals surface area contributed by atoms with E-state index in [2.05, 4.69) is 57.6 Å². The summed E-state index contributed by atoms with van der Waals surface area (Å²) in [6.45, 7) is 9.59. The predicted molar refractivity (Wildman–Crippen MR) is 101 cm³/mol. The summed E-state index contributed by atoms with van der Waals surface area (Å²) in [5.74, 6) is 1.58. The Morgan fingerprint density at radius 2 is 1.96 bits per heavy atom. The Morgan fingerprint density at radius 3 is 2.64 bits per heavy atom. The second kappa shape index (κ2) is 6.52. The molecule has 132 valence electrons. The molecule has 2 aromatic rings. The Kier molecular flexibility index (Phi) is 4.21. The van der Waals surface area contributed by atoms with E-state index in [9.17, 15) is 0 Å². The minimum absolute atomic E-state index is 0.384. The van der Waals surface area contributed by atoms with Crippen LogP contribution in [0.2, 0.25) is 0 Å². The molecule has 0 aliphatic carbocycles. The molecule has 1 aromatic carbocycles. The number of nitrogens with zero attached hydrogens (tertiary/aromatic N) is 4. The minimum atomic E-state index is 0.384. The fourth-order valence-corrected chi connectivity index (χ4v) is 3.51. The molecule has 6 heteroatoms. The van der Waals surface area contributed by atoms with Crippen molar-refractivity contribution in [1.29, 1.82) is 0 Å². The van der Waals surface area contributed by atoms with Gasteiger partial charge in [0.05, 0.1) is 0 Å². The van der Waals surface area contributed by atoms with Crippen molar-refractivity contribution in [3.05, 3.63) is 41.1 Å². The van der Waals surface area contributed by atoms with E-state index in [-0.39, 0.29) is 0 Å². The smallest absolute Gasteiger partial charge is 0.175 e. The zero-order valence-electron chi connectivity index (χ0n) is 15.2. The van der Waals surface area contributed by atoms with Gasteiger partial charge in [0.15, 0.2) is 11.7 Å². The normalized spacial score (nSPS) is 19.5. The number of amidine groups is 1. The third-order valence-corrected chi connectivity index (χ3v) is 4.95. The molecule has 1 fully saturated rings. The zero-order valence-corrected chi connectivity index (χ0v) is 15.2. The molecule has 25 heavy (non-hydrogen) atoms. The number of hydrazine groups is 1. The van der Waals surface area contributed by atoms with Gasteiger partial charge in [-0.25, -0.2) is 10.0 Å². The van der Waals surface area contributed by atoms with Gasteiger partial charge in [-0.05, 0) is 57.4 Å². The zero-order chi connectivity index (χ0) is 17.4. The molecule has 4 rings (SSSR count). The summed E-state index contributed by atoms with van der Waals surface area (Å²) in [5, 5.41) is 9.44. The first-order valence-electron chi connectivity index (χ1n) is 9.12. The van der Waals surface area contributed by atoms with Crippen molar-refractivity contribution in [2.75, 3.05) is 18.0 Å². The Hall–Kier alpha value is -2.34. The first-order chi connectivity index (χ1) is 12.1. The van der Waals surface area contributed by atoms with Crippen molar-refractivity contribution in [2.24, 2.45) is 4.99 Å². The highest BCUT2D eigenvalue weighted by Crippen LogP contribution is 2.27. The van der Waals surface area contributed by atoms with Crippen molar-refractivity contribution in [2.45, 2.75) is 46.2 Å². The molecule has 0 unspecified atom stereocenters. The lowest BCUT2D eigenvalue weighted by atomic mass is 10.0. The van der Waals surface area contributed by atoms with E-state index in [0.29, 0.717) is 11.9 Å². The molecule has 0 atom stereocenters. The number of aryl methyl sites for hydroxylation is 1. The van der Waals surface area contributed by atoms with Gasteiger partial charge in [0.1, 0.15) is 0 Å². The van der Waals surface area contributed by atoms with Gasteiger partial charge in [0, 0.05) is 48.7 Å². The molecular weight excluding hydrogens is 312 g/mol. The number of aromatic amines is 1. The average molecular weight is 338 g/mol. The molecule has 6 nitrogen and oxygen atoms in total. The maximum atomic E-state index is 4.75. The van der Waals surface area contributed by atoms with Gasteiger partial charge >= 0.3 is 0 Å². The van der Waals surface area contributed by atoms with Crippen molar-refractivity contribution in [1.82, 2.24) is 20.6 Å². The van der Waals surface area contributed by atoms with Crippen LogP contribution in [0.25, 0.3) is 0 Å². The number of benzene rings is 1. The van der Waals surface area contributed by atoms with E-state index in [0.717, 1.165) is 18.1 Å². The van der Waals surface area contributed by atoms with E-state index in [1.165, 1.54) is 42.7 Å². The lowest BCUT2D eigenvalue weighted by molar-refractivity contribution is 0.169. The Morgan fingerprint density at radius 1 is 1.16 bits per heavy atom. The van der Waals surface area contributed by atoms with Crippen LogP contribution in [0.3, 0.4) is 0 Å². The molecule has 0 saturated carbocycles. The summed E-state index contributed by atoms with van der Waals surface area (Å²) in [6, 6.07) is 9.10. The SMILES string of the molecule is Cc1cc(N=C2NN(C(C)C)Cc3cc(N4CCCC4)ccc32)n[nH]1. The topological polar surface area (TPSA) is 59.6 Å². The van der Waals surface area contributed by atoms with E-state index in [1.54, 1.807) is 0 Å². The number of hydrogen-bond acceptors (Lipinski definition) is 4. The molecule has 2 aliphatic heterocycles. The second-order valence-corrected chi connectivity index (χ2v) is 7.24. The van der Waals surface area contributed by atoms with Crippen LogP contribution in [0.5, 0.6) is 0 Å². The van der Waals surface area contributed by atoms with Crippen LogP contribution in [-0.2, 0) is 6.54 Å². The molecule has 1 aromatic heterocycles. The molecule has 0 radical (unpaired) electrons. The van der Waals surface area contributed by atoms with Crippen LogP contribution in [-0.4, -0.2) is 40.2 Å². The predicted octanol–water partition coefficient (Wildman–Crippen LogP) is 3.13. The number of aromatic nitrogens is 2. The van der Waals surface area contributed by atoms with Crippen LogP contribution in [0.4, 0.5) is 11.5 Å². The number of H-pyrrole nitrogens is 1. The number of anilines is 1. The number of fused-ring (bicyclic) bond motifs is 1. The Balaban J connectivity index is 1.72. The summed E-state index contributed by atoms with van der Waals surface area (Å²) in [7, 11) is 0. The minimum Gasteiger partial charge on any atom is -0.372 e. The van der Waals surface area contributed by atoms with Crippen molar-refractivity contribution < 1.29 is 0 Å². The summed E-state index contributed by atoms with van der Waals surface area (Å²) < 4.78 is 0. The maximum absolute atomic E-state index is 4.75. The van der Waals surface area contributed by atoms with E-state index in [4.69, 9.17) is 4.99 Å². The van der Waals surface area contributed by atoms with Gasteiger partial charge in [-0.1, -0.05) is 0 Å². The molecular formula is C19H26N6. The van der Waals surface area contributed by atoms with Crippen molar-refractivity contribution >= 4 is 17.3 Å². The largest absolute Gasteiger partial charge is 0.372 e. The summed E-state index contributed by atoms with van der Waals surface area (Å²) in [5.41, 5.74) is 8.31. The average Bonchev–Trinajstić information content (AvgIpc) is 3.26. The van der Waals surface area contributed by atoms with Gasteiger partial charge in [-0.3, -0.25) is 5.10 Å². The highest BCUT2D eigenvalue weighted by atomic mass is 15.5. The van der Waals surface area contributed by atoms with Crippen molar-refractivity contribution in [3.8, 4) is 0 Å². The molecule has 0 amide bonds. The number of rotatable bonds is 3. The first kappa shape index (κ1) is 16.1. The molecule has 2 aliphatic rings. The Bertz CT molecular complexity index is 785. The van der Waals surface area contributed by atoms with E-state index in [1.807, 2.05) is 13.0 Å². The summed E-state index contributed by atoms with van der Waals surface area (Å²) in [6.07, 6.45) is 2.59. The van der Waals surface area contributed by atoms with Gasteiger partial charge in [-0.15, -0.1) is 0 Å². The second-order valence-electron chi connectivity index (χ2n) is 7.24. The van der Waals surface area contributed by atoms with Gasteiger partial charge in [0.2, 0.25) is 0 Å². The van der Waals surface area contributed by atoms with E-state index < -0.39 is 0 Å². The third-order valence-electron chi connectivity index (χ3n) is 4.95. The van der Waals surface area contributed by atoms with Crippen LogP contribution >= 0.6 is 0 Å². The van der Waals surface area contributed by atoms with Crippen molar-refractivity contribution in [3.63, 3.8) is 0 Å². The molecule has 0 spiro atoms. The van der Waals surface area contributed by atoms with Gasteiger partial charge in [-0.2, -0.15) is 5.10 Å². The highest BCUT2D eigenvalue weighted by Gasteiger charge is 2.24.